The molecule has 1 aromatic rings. The van der Waals surface area contributed by atoms with Crippen molar-refractivity contribution in [1.82, 2.24) is 15.5 Å². The van der Waals surface area contributed by atoms with E-state index >= 15 is 0 Å². The van der Waals surface area contributed by atoms with Gasteiger partial charge in [0.2, 0.25) is 5.91 Å². The molecule has 1 saturated heterocycles. The van der Waals surface area contributed by atoms with E-state index in [-0.39, 0.29) is 29.9 Å². The Bertz CT molecular complexity index is 572. The summed E-state index contributed by atoms with van der Waals surface area (Å²) in [5, 5.41) is 6.12. The monoisotopic (exact) mass is 345 g/mol. The van der Waals surface area contributed by atoms with Gasteiger partial charge in [-0.3, -0.25) is 4.79 Å². The number of carbonyl (C=O) groups excluding carboxylic acids is 2. The van der Waals surface area contributed by atoms with Crippen molar-refractivity contribution < 1.29 is 9.59 Å². The van der Waals surface area contributed by atoms with Crippen LogP contribution in [0.2, 0.25) is 0 Å². The fourth-order valence-electron chi connectivity index (χ4n) is 3.28. The third kappa shape index (κ3) is 5.48. The van der Waals surface area contributed by atoms with Gasteiger partial charge in [-0.1, -0.05) is 44.2 Å². The van der Waals surface area contributed by atoms with Crippen LogP contribution in [0.4, 0.5) is 4.79 Å². The van der Waals surface area contributed by atoms with Crippen LogP contribution in [0.15, 0.2) is 30.3 Å². The summed E-state index contributed by atoms with van der Waals surface area (Å²) in [4.78, 5) is 26.8. The maximum atomic E-state index is 12.8. The predicted octanol–water partition coefficient (Wildman–Crippen LogP) is 3.33. The molecule has 0 spiro atoms. The van der Waals surface area contributed by atoms with Crippen LogP contribution in [0.1, 0.15) is 52.1 Å². The predicted molar refractivity (Wildman–Crippen MR) is 100 cm³/mol. The number of nitrogens with one attached hydrogen (secondary N) is 2. The highest BCUT2D eigenvalue weighted by Crippen LogP contribution is 2.24. The van der Waals surface area contributed by atoms with Gasteiger partial charge < -0.3 is 15.5 Å². The molecular weight excluding hydrogens is 314 g/mol. The minimum atomic E-state index is -0.142. The Kier molecular flexibility index (Phi) is 6.85. The quantitative estimate of drug-likeness (QED) is 0.860. The Balaban J connectivity index is 2.00. The summed E-state index contributed by atoms with van der Waals surface area (Å²) in [5.41, 5.74) is 1.12. The fraction of sp³-hybridized carbons (Fsp3) is 0.600. The van der Waals surface area contributed by atoms with Crippen molar-refractivity contribution in [3.8, 4) is 0 Å². The molecule has 0 aromatic heterocycles. The molecule has 0 unspecified atom stereocenters. The molecule has 1 heterocycles. The van der Waals surface area contributed by atoms with Gasteiger partial charge in [0.05, 0.1) is 12.0 Å². The van der Waals surface area contributed by atoms with E-state index in [0.29, 0.717) is 19.0 Å². The van der Waals surface area contributed by atoms with Crippen LogP contribution in [-0.4, -0.2) is 36.0 Å². The van der Waals surface area contributed by atoms with E-state index in [1.807, 2.05) is 44.2 Å². The van der Waals surface area contributed by atoms with E-state index in [1.165, 1.54) is 0 Å². The molecule has 0 bridgehead atoms. The van der Waals surface area contributed by atoms with E-state index in [1.54, 1.807) is 4.90 Å². The average molecular weight is 345 g/mol. The number of nitrogens with zero attached hydrogens (tertiary/aromatic N) is 1. The van der Waals surface area contributed by atoms with Crippen molar-refractivity contribution >= 4 is 11.9 Å². The first kappa shape index (κ1) is 19.3. The van der Waals surface area contributed by atoms with Crippen LogP contribution >= 0.6 is 0 Å². The number of hydrogen-bond acceptors (Lipinski definition) is 2. The van der Waals surface area contributed by atoms with Gasteiger partial charge in [0.15, 0.2) is 0 Å². The molecule has 5 heteroatoms. The minimum absolute atomic E-state index is 0.00596. The molecule has 25 heavy (non-hydrogen) atoms. The normalized spacial score (nSPS) is 19.0. The van der Waals surface area contributed by atoms with Crippen molar-refractivity contribution in [2.45, 2.75) is 52.6 Å². The topological polar surface area (TPSA) is 61.4 Å². The Hall–Kier alpha value is -2.04. The number of rotatable bonds is 5. The molecule has 2 N–H and O–H groups in total. The number of amides is 3. The number of likely N-dealkylation sites (tertiary alicyclic amines) is 1. The molecule has 2 atom stereocenters. The average Bonchev–Trinajstić information content (AvgIpc) is 2.59. The lowest BCUT2D eigenvalue weighted by molar-refractivity contribution is -0.127. The number of piperidine rings is 1. The summed E-state index contributed by atoms with van der Waals surface area (Å²) < 4.78 is 0. The maximum absolute atomic E-state index is 12.8. The van der Waals surface area contributed by atoms with Gasteiger partial charge >= 0.3 is 6.03 Å². The summed E-state index contributed by atoms with van der Waals surface area (Å²) in [5.74, 6) is 0.205. The number of urea groups is 1. The molecule has 138 valence electrons. The molecular formula is C20H31N3O2. The molecule has 5 nitrogen and oxygen atoms in total. The lowest BCUT2D eigenvalue weighted by Crippen LogP contribution is -2.50. The van der Waals surface area contributed by atoms with E-state index in [9.17, 15) is 9.59 Å². The molecule has 2 rings (SSSR count). The molecule has 0 saturated carbocycles. The second kappa shape index (κ2) is 8.88. The molecule has 0 aliphatic carbocycles. The summed E-state index contributed by atoms with van der Waals surface area (Å²) in [6.45, 7) is 9.32. The highest BCUT2D eigenvalue weighted by atomic mass is 16.2. The third-order valence-electron chi connectivity index (χ3n) is 4.61. The Morgan fingerprint density at radius 2 is 1.76 bits per heavy atom. The summed E-state index contributed by atoms with van der Waals surface area (Å²) in [7, 11) is 0. The van der Waals surface area contributed by atoms with E-state index in [0.717, 1.165) is 18.4 Å². The Labute approximate surface area is 151 Å². The highest BCUT2D eigenvalue weighted by Gasteiger charge is 2.30. The van der Waals surface area contributed by atoms with Crippen LogP contribution < -0.4 is 10.6 Å². The van der Waals surface area contributed by atoms with E-state index in [4.69, 9.17) is 0 Å². The van der Waals surface area contributed by atoms with Gasteiger partial charge in [0.25, 0.3) is 0 Å². The van der Waals surface area contributed by atoms with E-state index < -0.39 is 0 Å². The van der Waals surface area contributed by atoms with Crippen molar-refractivity contribution in [3.05, 3.63) is 35.9 Å². The smallest absolute Gasteiger partial charge is 0.317 e. The summed E-state index contributed by atoms with van der Waals surface area (Å²) >= 11 is 0. The largest absolute Gasteiger partial charge is 0.349 e. The van der Waals surface area contributed by atoms with Crippen molar-refractivity contribution in [3.63, 3.8) is 0 Å². The van der Waals surface area contributed by atoms with Crippen molar-refractivity contribution in [2.24, 2.45) is 11.8 Å². The molecule has 3 amide bonds. The number of carbonyl (C=O) groups is 2. The summed E-state index contributed by atoms with van der Waals surface area (Å²) in [6.07, 6.45) is 1.69. The SMILES string of the molecule is CC(C)NC(=O)N1CCC[C@H](C(=O)N[C@H](c2ccccc2)C(C)C)C1. The van der Waals surface area contributed by atoms with Crippen molar-refractivity contribution in [1.29, 1.82) is 0 Å². The van der Waals surface area contributed by atoms with Crippen LogP contribution in [0, 0.1) is 11.8 Å². The van der Waals surface area contributed by atoms with Gasteiger partial charge in [0.1, 0.15) is 0 Å². The number of hydrogen-bond donors (Lipinski definition) is 2. The molecule has 1 aliphatic rings. The van der Waals surface area contributed by atoms with E-state index in [2.05, 4.69) is 24.5 Å². The lowest BCUT2D eigenvalue weighted by Gasteiger charge is -2.34. The highest BCUT2D eigenvalue weighted by molar-refractivity contribution is 5.81. The molecule has 1 fully saturated rings. The maximum Gasteiger partial charge on any atom is 0.317 e. The third-order valence-corrected chi connectivity index (χ3v) is 4.61. The Morgan fingerprint density at radius 1 is 1.08 bits per heavy atom. The van der Waals surface area contributed by atoms with Crippen LogP contribution in [0.25, 0.3) is 0 Å². The molecule has 1 aliphatic heterocycles. The minimum Gasteiger partial charge on any atom is -0.349 e. The first-order valence-electron chi connectivity index (χ1n) is 9.29. The second-order valence-electron chi connectivity index (χ2n) is 7.53. The standard InChI is InChI=1S/C20H31N3O2/c1-14(2)18(16-9-6-5-7-10-16)22-19(24)17-11-8-12-23(13-17)20(25)21-15(3)4/h5-7,9-10,14-15,17-18H,8,11-13H2,1-4H3,(H,21,25)(H,22,24)/t17-,18-/m0/s1. The molecule has 0 radical (unpaired) electrons. The first-order valence-corrected chi connectivity index (χ1v) is 9.29. The lowest BCUT2D eigenvalue weighted by atomic mass is 9.93. The zero-order chi connectivity index (χ0) is 18.4. The van der Waals surface area contributed by atoms with Crippen molar-refractivity contribution in [2.75, 3.05) is 13.1 Å². The van der Waals surface area contributed by atoms with Crippen LogP contribution in [0.5, 0.6) is 0 Å². The molecule has 1 aromatic carbocycles. The van der Waals surface area contributed by atoms with Gasteiger partial charge in [-0.05, 0) is 38.2 Å². The fourth-order valence-corrected chi connectivity index (χ4v) is 3.28. The number of benzene rings is 1. The second-order valence-corrected chi connectivity index (χ2v) is 7.53. The zero-order valence-corrected chi connectivity index (χ0v) is 15.8. The van der Waals surface area contributed by atoms with Gasteiger partial charge in [-0.25, -0.2) is 4.79 Å². The van der Waals surface area contributed by atoms with Gasteiger partial charge in [-0.15, -0.1) is 0 Å². The van der Waals surface area contributed by atoms with Gasteiger partial charge in [-0.2, -0.15) is 0 Å². The van der Waals surface area contributed by atoms with Crippen LogP contribution in [-0.2, 0) is 4.79 Å². The first-order chi connectivity index (χ1) is 11.9. The summed E-state index contributed by atoms with van der Waals surface area (Å²) in [6, 6.07) is 10.1. The van der Waals surface area contributed by atoms with Crippen LogP contribution in [0.3, 0.4) is 0 Å². The zero-order valence-electron chi connectivity index (χ0n) is 15.8. The Morgan fingerprint density at radius 3 is 2.36 bits per heavy atom. The van der Waals surface area contributed by atoms with Gasteiger partial charge in [0, 0.05) is 19.1 Å².